The van der Waals surface area contributed by atoms with Crippen LogP contribution in [-0.4, -0.2) is 117 Å². The standard InChI is InChI=1S/C29H36N6O10/c1-2-44-28(43)34-15-13-33(14-16-34)26(40)20(9-10-24(37)38)30-25(39)21-17-23(35(32-21)19-7-4-3-5-8-19)45-18-22(36)31-29(27(41)42)11-6-12-29/h3-5,7-8,17,20H,2,6,9-16,18H2,1H3,(H,30,39)(H,31,36)(H,37,38)(H,41,42)/t20-/m0/s1. The fourth-order valence-electron chi connectivity index (χ4n) is 5.00. The van der Waals surface area contributed by atoms with E-state index in [0.29, 0.717) is 24.9 Å². The molecule has 242 valence electrons. The Morgan fingerprint density at radius 3 is 2.24 bits per heavy atom. The van der Waals surface area contributed by atoms with E-state index in [-0.39, 0.29) is 57.2 Å². The number of amides is 4. The number of carboxylic acids is 2. The molecule has 2 fully saturated rings. The number of carbonyl (C=O) groups is 6. The first-order chi connectivity index (χ1) is 21.5. The number of aromatic nitrogens is 2. The van der Waals surface area contributed by atoms with Crippen molar-refractivity contribution in [1.82, 2.24) is 30.2 Å². The predicted molar refractivity (Wildman–Crippen MR) is 155 cm³/mol. The van der Waals surface area contributed by atoms with Crippen molar-refractivity contribution in [2.75, 3.05) is 39.4 Å². The SMILES string of the molecule is CCOC(=O)N1CCN(C(=O)[C@H](CCC(=O)O)NC(=O)c2cc(OCC(=O)NC3(C(=O)O)CCC3)n(-c3ccccc3)n2)CC1. The summed E-state index contributed by atoms with van der Waals surface area (Å²) in [7, 11) is 0. The minimum Gasteiger partial charge on any atom is -0.481 e. The number of aliphatic carboxylic acids is 2. The highest BCUT2D eigenvalue weighted by molar-refractivity contribution is 5.96. The van der Waals surface area contributed by atoms with Gasteiger partial charge >= 0.3 is 18.0 Å². The Hall–Kier alpha value is -5.15. The Kier molecular flexibility index (Phi) is 10.6. The lowest BCUT2D eigenvalue weighted by Crippen LogP contribution is -2.59. The second-order valence-corrected chi connectivity index (χ2v) is 10.7. The van der Waals surface area contributed by atoms with Crippen LogP contribution in [0.3, 0.4) is 0 Å². The van der Waals surface area contributed by atoms with Crippen molar-refractivity contribution in [3.05, 3.63) is 42.1 Å². The highest BCUT2D eigenvalue weighted by Gasteiger charge is 2.45. The maximum atomic E-state index is 13.4. The topological polar surface area (TPSA) is 210 Å². The molecule has 2 aliphatic rings. The molecule has 1 aliphatic carbocycles. The third-order valence-corrected chi connectivity index (χ3v) is 7.62. The Labute approximate surface area is 258 Å². The number of piperazine rings is 1. The highest BCUT2D eigenvalue weighted by Crippen LogP contribution is 2.32. The van der Waals surface area contributed by atoms with Crippen molar-refractivity contribution in [2.45, 2.75) is 50.6 Å². The molecule has 1 atom stereocenters. The Morgan fingerprint density at radius 1 is 1.00 bits per heavy atom. The van der Waals surface area contributed by atoms with Gasteiger partial charge in [-0.25, -0.2) is 14.3 Å². The molecule has 1 saturated heterocycles. The minimum absolute atomic E-state index is 0.00276. The number of nitrogens with zero attached hydrogens (tertiary/aromatic N) is 4. The van der Waals surface area contributed by atoms with Gasteiger partial charge in [-0.05, 0) is 44.7 Å². The van der Waals surface area contributed by atoms with Crippen molar-refractivity contribution >= 4 is 35.8 Å². The summed E-state index contributed by atoms with van der Waals surface area (Å²) in [6.45, 7) is 2.13. The third-order valence-electron chi connectivity index (χ3n) is 7.62. The summed E-state index contributed by atoms with van der Waals surface area (Å²) in [4.78, 5) is 77.2. The van der Waals surface area contributed by atoms with Gasteiger partial charge in [0, 0.05) is 38.7 Å². The first kappa shape index (κ1) is 32.8. The molecule has 1 aliphatic heterocycles. The summed E-state index contributed by atoms with van der Waals surface area (Å²) in [5, 5.41) is 28.1. The van der Waals surface area contributed by atoms with E-state index >= 15 is 0 Å². The second-order valence-electron chi connectivity index (χ2n) is 10.7. The van der Waals surface area contributed by atoms with Crippen molar-refractivity contribution in [3.8, 4) is 11.6 Å². The van der Waals surface area contributed by atoms with E-state index in [4.69, 9.17) is 9.47 Å². The van der Waals surface area contributed by atoms with Crippen molar-refractivity contribution in [2.24, 2.45) is 0 Å². The van der Waals surface area contributed by atoms with Gasteiger partial charge < -0.3 is 40.1 Å². The minimum atomic E-state index is -1.33. The molecule has 16 nitrogen and oxygen atoms in total. The van der Waals surface area contributed by atoms with Gasteiger partial charge in [-0.2, -0.15) is 5.10 Å². The molecule has 4 rings (SSSR count). The summed E-state index contributed by atoms with van der Waals surface area (Å²) in [5.74, 6) is -4.22. The quantitative estimate of drug-likeness (QED) is 0.242. The maximum Gasteiger partial charge on any atom is 0.409 e. The van der Waals surface area contributed by atoms with Crippen LogP contribution < -0.4 is 15.4 Å². The van der Waals surface area contributed by atoms with Gasteiger partial charge in [0.15, 0.2) is 12.3 Å². The van der Waals surface area contributed by atoms with Crippen LogP contribution in [0.2, 0.25) is 0 Å². The number of rotatable bonds is 13. The van der Waals surface area contributed by atoms with Crippen LogP contribution in [0.4, 0.5) is 4.79 Å². The molecule has 1 aromatic carbocycles. The van der Waals surface area contributed by atoms with Crippen LogP contribution in [-0.2, 0) is 23.9 Å². The van der Waals surface area contributed by atoms with Crippen molar-refractivity contribution in [1.29, 1.82) is 0 Å². The summed E-state index contributed by atoms with van der Waals surface area (Å²) >= 11 is 0. The van der Waals surface area contributed by atoms with Crippen LogP contribution in [0.15, 0.2) is 36.4 Å². The number of hydrogen-bond acceptors (Lipinski definition) is 9. The molecule has 2 aromatic rings. The molecule has 1 aromatic heterocycles. The number of para-hydroxylation sites is 1. The number of hydrogen-bond donors (Lipinski definition) is 4. The summed E-state index contributed by atoms with van der Waals surface area (Å²) < 4.78 is 12.0. The van der Waals surface area contributed by atoms with E-state index in [2.05, 4.69) is 15.7 Å². The van der Waals surface area contributed by atoms with Crippen LogP contribution in [0.25, 0.3) is 5.69 Å². The fourth-order valence-corrected chi connectivity index (χ4v) is 5.00. The Bertz CT molecular complexity index is 1420. The monoisotopic (exact) mass is 628 g/mol. The number of carbonyl (C=O) groups excluding carboxylic acids is 4. The zero-order chi connectivity index (χ0) is 32.6. The lowest BCUT2D eigenvalue weighted by atomic mass is 9.77. The molecule has 4 amide bonds. The number of carboxylic acid groups (broad SMARTS) is 2. The lowest BCUT2D eigenvalue weighted by Gasteiger charge is -2.38. The molecule has 1 saturated carbocycles. The van der Waals surface area contributed by atoms with Gasteiger partial charge in [-0.3, -0.25) is 19.2 Å². The van der Waals surface area contributed by atoms with E-state index in [1.54, 1.807) is 37.3 Å². The second kappa shape index (κ2) is 14.5. The Morgan fingerprint density at radius 2 is 1.67 bits per heavy atom. The van der Waals surface area contributed by atoms with E-state index < -0.39 is 53.9 Å². The van der Waals surface area contributed by atoms with Crippen LogP contribution in [0, 0.1) is 0 Å². The van der Waals surface area contributed by atoms with Gasteiger partial charge in [-0.1, -0.05) is 18.2 Å². The van der Waals surface area contributed by atoms with Gasteiger partial charge in [0.1, 0.15) is 11.6 Å². The van der Waals surface area contributed by atoms with Gasteiger partial charge in [0.25, 0.3) is 11.8 Å². The highest BCUT2D eigenvalue weighted by atomic mass is 16.6. The van der Waals surface area contributed by atoms with Crippen LogP contribution in [0.5, 0.6) is 5.88 Å². The van der Waals surface area contributed by atoms with Gasteiger partial charge in [0.05, 0.1) is 12.3 Å². The molecule has 0 spiro atoms. The number of ether oxygens (including phenoxy) is 2. The lowest BCUT2D eigenvalue weighted by molar-refractivity contribution is -0.152. The molecule has 16 heteroatoms. The molecule has 4 N–H and O–H groups in total. The summed E-state index contributed by atoms with van der Waals surface area (Å²) in [5.41, 5.74) is -1.00. The number of benzene rings is 1. The van der Waals surface area contributed by atoms with E-state index in [9.17, 15) is 39.0 Å². The Balaban J connectivity index is 1.48. The molecular weight excluding hydrogens is 592 g/mol. The van der Waals surface area contributed by atoms with Crippen molar-refractivity contribution < 1.29 is 48.5 Å². The average molecular weight is 629 g/mol. The van der Waals surface area contributed by atoms with Crippen molar-refractivity contribution in [3.63, 3.8) is 0 Å². The molecule has 0 radical (unpaired) electrons. The fraction of sp³-hybridized carbons (Fsp3) is 0.483. The first-order valence-corrected chi connectivity index (χ1v) is 14.6. The van der Waals surface area contributed by atoms with Gasteiger partial charge in [-0.15, -0.1) is 0 Å². The average Bonchev–Trinajstić information content (AvgIpc) is 3.44. The maximum absolute atomic E-state index is 13.4. The smallest absolute Gasteiger partial charge is 0.409 e. The molecule has 0 unspecified atom stereocenters. The van der Waals surface area contributed by atoms with E-state index in [1.807, 2.05) is 0 Å². The largest absolute Gasteiger partial charge is 0.481 e. The molecule has 45 heavy (non-hydrogen) atoms. The zero-order valence-corrected chi connectivity index (χ0v) is 24.8. The van der Waals surface area contributed by atoms with E-state index in [1.165, 1.54) is 20.5 Å². The predicted octanol–water partition coefficient (Wildman–Crippen LogP) is 0.639. The molecule has 2 heterocycles. The van der Waals surface area contributed by atoms with Gasteiger partial charge in [0.2, 0.25) is 11.8 Å². The molecule has 0 bridgehead atoms. The summed E-state index contributed by atoms with van der Waals surface area (Å²) in [6.07, 6.45) is 0.221. The van der Waals surface area contributed by atoms with Crippen LogP contribution >= 0.6 is 0 Å². The zero-order valence-electron chi connectivity index (χ0n) is 24.8. The molecular formula is C29H36N6O10. The van der Waals surface area contributed by atoms with E-state index in [0.717, 1.165) is 0 Å². The summed E-state index contributed by atoms with van der Waals surface area (Å²) in [6, 6.07) is 8.65. The third kappa shape index (κ3) is 8.07. The normalized spacial score (nSPS) is 16.1. The van der Waals surface area contributed by atoms with Crippen LogP contribution in [0.1, 0.15) is 49.5 Å². The first-order valence-electron chi connectivity index (χ1n) is 14.6. The number of nitrogens with one attached hydrogen (secondary N) is 2.